The Kier molecular flexibility index (Phi) is 5.05. The number of carbonyl (C=O) groups is 1. The molecule has 1 aromatic carbocycles. The van der Waals surface area contributed by atoms with Crippen LogP contribution >= 0.6 is 34.2 Å². The number of carbonyl (C=O) groups excluding carboxylic acids is 1. The zero-order chi connectivity index (χ0) is 13.1. The Bertz CT molecular complexity index is 421. The summed E-state index contributed by atoms with van der Waals surface area (Å²) in [6, 6.07) is 3.74. The standard InChI is InChI=1S/C10H7ClF3IO2/c11-2-1-9(16)6-3-7(15)5-8(4-6)17-10(12,13)14/h3-5H,1-2H2. The fourth-order valence-electron chi connectivity index (χ4n) is 1.15. The van der Waals surface area contributed by atoms with Gasteiger partial charge in [0.05, 0.1) is 0 Å². The number of Topliss-reactive ketones (excluding diaryl/α,β-unsaturated/α-hetero) is 1. The molecule has 0 aliphatic heterocycles. The van der Waals surface area contributed by atoms with Gasteiger partial charge in [0.1, 0.15) is 5.75 Å². The summed E-state index contributed by atoms with van der Waals surface area (Å²) in [7, 11) is 0. The molecule has 0 saturated heterocycles. The van der Waals surface area contributed by atoms with Crippen LogP contribution in [0.15, 0.2) is 18.2 Å². The van der Waals surface area contributed by atoms with Crippen LogP contribution in [-0.2, 0) is 0 Å². The summed E-state index contributed by atoms with van der Waals surface area (Å²) in [6.45, 7) is 0. The van der Waals surface area contributed by atoms with E-state index in [4.69, 9.17) is 11.6 Å². The molecule has 0 radical (unpaired) electrons. The number of alkyl halides is 4. The smallest absolute Gasteiger partial charge is 0.406 e. The molecule has 0 aliphatic rings. The van der Waals surface area contributed by atoms with E-state index in [1.54, 1.807) is 0 Å². The molecular formula is C10H7ClF3IO2. The van der Waals surface area contributed by atoms with E-state index in [1.165, 1.54) is 12.1 Å². The van der Waals surface area contributed by atoms with E-state index >= 15 is 0 Å². The quantitative estimate of drug-likeness (QED) is 0.450. The van der Waals surface area contributed by atoms with Crippen molar-refractivity contribution in [1.29, 1.82) is 0 Å². The summed E-state index contributed by atoms with van der Waals surface area (Å²) < 4.78 is 40.3. The second-order valence-corrected chi connectivity index (χ2v) is 4.71. The summed E-state index contributed by atoms with van der Waals surface area (Å²) >= 11 is 7.21. The molecule has 0 unspecified atom stereocenters. The fraction of sp³-hybridized carbons (Fsp3) is 0.300. The Balaban J connectivity index is 2.98. The Morgan fingerprint density at radius 2 is 2.00 bits per heavy atom. The van der Waals surface area contributed by atoms with Gasteiger partial charge in [0.25, 0.3) is 0 Å². The number of rotatable bonds is 4. The van der Waals surface area contributed by atoms with Crippen molar-refractivity contribution in [2.24, 2.45) is 0 Å². The predicted molar refractivity (Wildman–Crippen MR) is 65.5 cm³/mol. The van der Waals surface area contributed by atoms with Crippen LogP contribution in [0.5, 0.6) is 5.75 Å². The number of benzene rings is 1. The minimum atomic E-state index is -4.77. The number of halogens is 5. The van der Waals surface area contributed by atoms with Gasteiger partial charge in [0.15, 0.2) is 5.78 Å². The molecule has 0 fully saturated rings. The molecule has 0 spiro atoms. The van der Waals surface area contributed by atoms with Crippen LogP contribution in [0.4, 0.5) is 13.2 Å². The fourth-order valence-corrected chi connectivity index (χ4v) is 1.96. The minimum absolute atomic E-state index is 0.0765. The predicted octanol–water partition coefficient (Wildman–Crippen LogP) is 4.00. The van der Waals surface area contributed by atoms with Crippen LogP contribution in [-0.4, -0.2) is 18.0 Å². The van der Waals surface area contributed by atoms with Crippen molar-refractivity contribution in [1.82, 2.24) is 0 Å². The Morgan fingerprint density at radius 1 is 1.35 bits per heavy atom. The Morgan fingerprint density at radius 3 is 2.53 bits per heavy atom. The van der Waals surface area contributed by atoms with Crippen LogP contribution in [0.2, 0.25) is 0 Å². The summed E-state index contributed by atoms with van der Waals surface area (Å²) in [4.78, 5) is 11.5. The summed E-state index contributed by atoms with van der Waals surface area (Å²) in [6.07, 6.45) is -4.69. The van der Waals surface area contributed by atoms with Crippen LogP contribution in [0.1, 0.15) is 16.8 Å². The van der Waals surface area contributed by atoms with Gasteiger partial charge in [-0.1, -0.05) is 0 Å². The van der Waals surface area contributed by atoms with Crippen molar-refractivity contribution in [3.05, 3.63) is 27.3 Å². The second-order valence-electron chi connectivity index (χ2n) is 3.09. The molecular weight excluding hydrogens is 371 g/mol. The van der Waals surface area contributed by atoms with Gasteiger partial charge in [0, 0.05) is 21.4 Å². The largest absolute Gasteiger partial charge is 0.573 e. The number of hydrogen-bond acceptors (Lipinski definition) is 2. The molecule has 17 heavy (non-hydrogen) atoms. The third kappa shape index (κ3) is 5.12. The maximum atomic E-state index is 12.0. The highest BCUT2D eigenvalue weighted by molar-refractivity contribution is 14.1. The first-order valence-electron chi connectivity index (χ1n) is 4.47. The van der Waals surface area contributed by atoms with E-state index in [-0.39, 0.29) is 23.6 Å². The van der Waals surface area contributed by atoms with Crippen molar-refractivity contribution < 1.29 is 22.7 Å². The number of hydrogen-bond donors (Lipinski definition) is 0. The zero-order valence-electron chi connectivity index (χ0n) is 8.35. The lowest BCUT2D eigenvalue weighted by molar-refractivity contribution is -0.274. The van der Waals surface area contributed by atoms with Crippen LogP contribution in [0, 0.1) is 3.57 Å². The van der Waals surface area contributed by atoms with Crippen molar-refractivity contribution in [3.8, 4) is 5.75 Å². The first-order valence-corrected chi connectivity index (χ1v) is 6.08. The van der Waals surface area contributed by atoms with Crippen molar-refractivity contribution in [3.63, 3.8) is 0 Å². The molecule has 0 N–H and O–H groups in total. The number of ketones is 1. The van der Waals surface area contributed by atoms with Crippen molar-refractivity contribution >= 4 is 40.0 Å². The summed E-state index contributed by atoms with van der Waals surface area (Å²) in [5, 5.41) is 0. The first kappa shape index (κ1) is 14.6. The minimum Gasteiger partial charge on any atom is -0.406 e. The number of ether oxygens (including phenoxy) is 1. The highest BCUT2D eigenvalue weighted by Gasteiger charge is 2.31. The highest BCUT2D eigenvalue weighted by atomic mass is 127. The van der Waals surface area contributed by atoms with Crippen LogP contribution in [0.25, 0.3) is 0 Å². The van der Waals surface area contributed by atoms with Gasteiger partial charge in [-0.2, -0.15) is 0 Å². The molecule has 0 atom stereocenters. The van der Waals surface area contributed by atoms with E-state index in [0.717, 1.165) is 6.07 Å². The van der Waals surface area contributed by atoms with Gasteiger partial charge < -0.3 is 4.74 Å². The van der Waals surface area contributed by atoms with Gasteiger partial charge >= 0.3 is 6.36 Å². The van der Waals surface area contributed by atoms with Crippen molar-refractivity contribution in [2.45, 2.75) is 12.8 Å². The lowest BCUT2D eigenvalue weighted by Crippen LogP contribution is -2.17. The normalized spacial score (nSPS) is 11.4. The first-order chi connectivity index (χ1) is 7.81. The second kappa shape index (κ2) is 5.90. The maximum absolute atomic E-state index is 12.0. The molecule has 2 nitrogen and oxygen atoms in total. The third-order valence-electron chi connectivity index (χ3n) is 1.75. The molecule has 7 heteroatoms. The average Bonchev–Trinajstić information content (AvgIpc) is 2.14. The Labute approximate surface area is 114 Å². The van der Waals surface area contributed by atoms with E-state index in [2.05, 4.69) is 4.74 Å². The molecule has 94 valence electrons. The SMILES string of the molecule is O=C(CCCl)c1cc(I)cc(OC(F)(F)F)c1. The zero-order valence-corrected chi connectivity index (χ0v) is 11.3. The molecule has 0 saturated carbocycles. The monoisotopic (exact) mass is 378 g/mol. The molecule has 1 rings (SSSR count). The highest BCUT2D eigenvalue weighted by Crippen LogP contribution is 2.26. The van der Waals surface area contributed by atoms with Gasteiger partial charge in [-0.25, -0.2) is 0 Å². The maximum Gasteiger partial charge on any atom is 0.573 e. The lowest BCUT2D eigenvalue weighted by Gasteiger charge is -2.10. The molecule has 0 amide bonds. The molecule has 0 aliphatic carbocycles. The molecule has 1 aromatic rings. The van der Waals surface area contributed by atoms with E-state index < -0.39 is 12.1 Å². The van der Waals surface area contributed by atoms with E-state index in [0.29, 0.717) is 3.57 Å². The molecule has 0 heterocycles. The topological polar surface area (TPSA) is 26.3 Å². The average molecular weight is 379 g/mol. The van der Waals surface area contributed by atoms with E-state index in [9.17, 15) is 18.0 Å². The van der Waals surface area contributed by atoms with Crippen LogP contribution < -0.4 is 4.74 Å². The van der Waals surface area contributed by atoms with Gasteiger partial charge in [0.2, 0.25) is 0 Å². The summed E-state index contributed by atoms with van der Waals surface area (Å²) in [5.74, 6) is -0.590. The van der Waals surface area contributed by atoms with Gasteiger partial charge in [-0.05, 0) is 40.8 Å². The van der Waals surface area contributed by atoms with Crippen LogP contribution in [0.3, 0.4) is 0 Å². The molecule has 0 aromatic heterocycles. The van der Waals surface area contributed by atoms with E-state index in [1.807, 2.05) is 22.6 Å². The summed E-state index contributed by atoms with van der Waals surface area (Å²) in [5.41, 5.74) is 0.164. The van der Waals surface area contributed by atoms with Crippen molar-refractivity contribution in [2.75, 3.05) is 5.88 Å². The molecule has 0 bridgehead atoms. The van der Waals surface area contributed by atoms with Gasteiger partial charge in [-0.15, -0.1) is 24.8 Å². The third-order valence-corrected chi connectivity index (χ3v) is 2.56. The van der Waals surface area contributed by atoms with Gasteiger partial charge in [-0.3, -0.25) is 4.79 Å². The lowest BCUT2D eigenvalue weighted by atomic mass is 10.1. The Hall–Kier alpha value is -0.500.